The molecule has 1 amide bonds. The van der Waals surface area contributed by atoms with Gasteiger partial charge in [-0.05, 0) is 19.1 Å². The van der Waals surface area contributed by atoms with Crippen molar-refractivity contribution in [1.29, 1.82) is 0 Å². The monoisotopic (exact) mass is 267 g/mol. The van der Waals surface area contributed by atoms with Gasteiger partial charge in [-0.15, -0.1) is 0 Å². The standard InChI is InChI=1S/C12H14BrNO/c1-9-5-4-6-11(7-9)12(15)14(3)8-10(2)13/h4-7H,2,8H2,1,3H3. The number of carbonyl (C=O) groups is 1. The molecule has 0 spiro atoms. The molecule has 2 nitrogen and oxygen atoms in total. The smallest absolute Gasteiger partial charge is 0.253 e. The van der Waals surface area contributed by atoms with Crippen LogP contribution in [0.3, 0.4) is 0 Å². The van der Waals surface area contributed by atoms with Gasteiger partial charge >= 0.3 is 0 Å². The van der Waals surface area contributed by atoms with Crippen molar-refractivity contribution in [3.05, 3.63) is 46.5 Å². The van der Waals surface area contributed by atoms with Crippen LogP contribution < -0.4 is 0 Å². The van der Waals surface area contributed by atoms with E-state index in [4.69, 9.17) is 0 Å². The zero-order valence-electron chi connectivity index (χ0n) is 8.96. The molecule has 0 aromatic heterocycles. The lowest BCUT2D eigenvalue weighted by molar-refractivity contribution is 0.0809. The molecule has 0 atom stereocenters. The van der Waals surface area contributed by atoms with Crippen molar-refractivity contribution >= 4 is 21.8 Å². The molecule has 80 valence electrons. The normalized spacial score (nSPS) is 9.80. The predicted octanol–water partition coefficient (Wildman–Crippen LogP) is 2.98. The Morgan fingerprint density at radius 1 is 1.53 bits per heavy atom. The molecule has 0 aliphatic rings. The first-order valence-corrected chi connectivity index (χ1v) is 5.45. The molecule has 0 saturated heterocycles. The van der Waals surface area contributed by atoms with E-state index in [2.05, 4.69) is 22.5 Å². The van der Waals surface area contributed by atoms with Crippen molar-refractivity contribution in [2.75, 3.05) is 13.6 Å². The van der Waals surface area contributed by atoms with E-state index in [-0.39, 0.29) is 5.91 Å². The van der Waals surface area contributed by atoms with E-state index in [1.165, 1.54) is 0 Å². The number of halogens is 1. The Kier molecular flexibility index (Phi) is 4.09. The first kappa shape index (κ1) is 12.0. The van der Waals surface area contributed by atoms with E-state index in [1.54, 1.807) is 11.9 Å². The average Bonchev–Trinajstić information content (AvgIpc) is 2.15. The fourth-order valence-electron chi connectivity index (χ4n) is 1.33. The predicted molar refractivity (Wildman–Crippen MR) is 66.2 cm³/mol. The molecule has 0 radical (unpaired) electrons. The van der Waals surface area contributed by atoms with Gasteiger partial charge in [-0.1, -0.05) is 40.2 Å². The van der Waals surface area contributed by atoms with Gasteiger partial charge in [-0.3, -0.25) is 4.79 Å². The molecule has 1 aromatic rings. The van der Waals surface area contributed by atoms with Crippen molar-refractivity contribution in [2.45, 2.75) is 6.92 Å². The molecular formula is C12H14BrNO. The molecule has 1 aromatic carbocycles. The zero-order chi connectivity index (χ0) is 11.4. The second-order valence-electron chi connectivity index (χ2n) is 3.55. The summed E-state index contributed by atoms with van der Waals surface area (Å²) in [5, 5.41) is 0. The molecule has 0 unspecified atom stereocenters. The molecular weight excluding hydrogens is 254 g/mol. The average molecular weight is 268 g/mol. The van der Waals surface area contributed by atoms with Crippen LogP contribution in [0.1, 0.15) is 15.9 Å². The van der Waals surface area contributed by atoms with Crippen molar-refractivity contribution in [3.8, 4) is 0 Å². The van der Waals surface area contributed by atoms with Crippen LogP contribution in [0, 0.1) is 6.92 Å². The highest BCUT2D eigenvalue weighted by Crippen LogP contribution is 2.09. The number of aryl methyl sites for hydroxylation is 1. The van der Waals surface area contributed by atoms with Crippen LogP contribution in [0.15, 0.2) is 35.3 Å². The minimum Gasteiger partial charge on any atom is -0.337 e. The molecule has 1 rings (SSSR count). The van der Waals surface area contributed by atoms with Crippen LogP contribution in [-0.2, 0) is 0 Å². The number of rotatable bonds is 3. The molecule has 0 aliphatic heterocycles. The quantitative estimate of drug-likeness (QED) is 0.825. The highest BCUT2D eigenvalue weighted by Gasteiger charge is 2.11. The van der Waals surface area contributed by atoms with E-state index >= 15 is 0 Å². The Morgan fingerprint density at radius 3 is 2.73 bits per heavy atom. The van der Waals surface area contributed by atoms with E-state index in [0.29, 0.717) is 12.1 Å². The summed E-state index contributed by atoms with van der Waals surface area (Å²) >= 11 is 3.24. The van der Waals surface area contributed by atoms with Crippen LogP contribution in [0.5, 0.6) is 0 Å². The third-order valence-corrected chi connectivity index (χ3v) is 2.27. The Balaban J connectivity index is 2.80. The number of amides is 1. The highest BCUT2D eigenvalue weighted by molar-refractivity contribution is 9.11. The molecule has 0 bridgehead atoms. The van der Waals surface area contributed by atoms with Gasteiger partial charge in [0.25, 0.3) is 5.91 Å². The Labute approximate surface area is 98.7 Å². The summed E-state index contributed by atoms with van der Waals surface area (Å²) in [6.07, 6.45) is 0. The van der Waals surface area contributed by atoms with Gasteiger partial charge in [0.15, 0.2) is 0 Å². The second kappa shape index (κ2) is 5.12. The summed E-state index contributed by atoms with van der Waals surface area (Å²) in [4.78, 5) is 13.5. The maximum absolute atomic E-state index is 11.9. The lowest BCUT2D eigenvalue weighted by Gasteiger charge is -2.16. The van der Waals surface area contributed by atoms with Crippen LogP contribution in [0.2, 0.25) is 0 Å². The molecule has 0 aliphatic carbocycles. The van der Waals surface area contributed by atoms with Crippen molar-refractivity contribution < 1.29 is 4.79 Å². The van der Waals surface area contributed by atoms with Gasteiger partial charge in [0, 0.05) is 17.1 Å². The van der Waals surface area contributed by atoms with Crippen molar-refractivity contribution in [3.63, 3.8) is 0 Å². The van der Waals surface area contributed by atoms with E-state index in [9.17, 15) is 4.79 Å². The Bertz CT molecular complexity index is 387. The van der Waals surface area contributed by atoms with Crippen LogP contribution in [-0.4, -0.2) is 24.4 Å². The first-order valence-electron chi connectivity index (χ1n) is 4.66. The van der Waals surface area contributed by atoms with Crippen molar-refractivity contribution in [2.24, 2.45) is 0 Å². The zero-order valence-corrected chi connectivity index (χ0v) is 10.5. The van der Waals surface area contributed by atoms with Crippen LogP contribution in [0.25, 0.3) is 0 Å². The fourth-order valence-corrected chi connectivity index (χ4v) is 1.70. The largest absolute Gasteiger partial charge is 0.337 e. The highest BCUT2D eigenvalue weighted by atomic mass is 79.9. The number of nitrogens with zero attached hydrogens (tertiary/aromatic N) is 1. The summed E-state index contributed by atoms with van der Waals surface area (Å²) in [6, 6.07) is 7.57. The van der Waals surface area contributed by atoms with Crippen LogP contribution in [0.4, 0.5) is 0 Å². The maximum atomic E-state index is 11.9. The number of carbonyl (C=O) groups excluding carboxylic acids is 1. The summed E-state index contributed by atoms with van der Waals surface area (Å²) in [5.74, 6) is 0.0132. The minimum absolute atomic E-state index is 0.0132. The topological polar surface area (TPSA) is 20.3 Å². The molecule has 0 fully saturated rings. The molecule has 0 heterocycles. The third-order valence-electron chi connectivity index (χ3n) is 2.02. The van der Waals surface area contributed by atoms with Gasteiger partial charge in [0.1, 0.15) is 0 Å². The maximum Gasteiger partial charge on any atom is 0.253 e. The summed E-state index contributed by atoms with van der Waals surface area (Å²) in [7, 11) is 1.76. The number of hydrogen-bond donors (Lipinski definition) is 0. The minimum atomic E-state index is 0.0132. The number of hydrogen-bond acceptors (Lipinski definition) is 1. The van der Waals surface area contributed by atoms with Gasteiger partial charge in [0.05, 0.1) is 6.54 Å². The van der Waals surface area contributed by atoms with E-state index in [0.717, 1.165) is 10.0 Å². The van der Waals surface area contributed by atoms with Gasteiger partial charge in [-0.25, -0.2) is 0 Å². The third kappa shape index (κ3) is 3.51. The second-order valence-corrected chi connectivity index (χ2v) is 4.67. The Morgan fingerprint density at radius 2 is 2.20 bits per heavy atom. The van der Waals surface area contributed by atoms with Gasteiger partial charge in [0.2, 0.25) is 0 Å². The number of benzene rings is 1. The lowest BCUT2D eigenvalue weighted by atomic mass is 10.1. The molecule has 0 saturated carbocycles. The molecule has 3 heteroatoms. The number of likely N-dealkylation sites (N-methyl/N-ethyl adjacent to an activating group) is 1. The van der Waals surface area contributed by atoms with Gasteiger partial charge < -0.3 is 4.90 Å². The lowest BCUT2D eigenvalue weighted by Crippen LogP contribution is -2.27. The molecule has 15 heavy (non-hydrogen) atoms. The van der Waals surface area contributed by atoms with Gasteiger partial charge in [-0.2, -0.15) is 0 Å². The SMILES string of the molecule is C=C(Br)CN(C)C(=O)c1cccc(C)c1. The summed E-state index contributed by atoms with van der Waals surface area (Å²) in [6.45, 7) is 6.20. The Hall–Kier alpha value is -1.09. The van der Waals surface area contributed by atoms with Crippen molar-refractivity contribution in [1.82, 2.24) is 4.90 Å². The first-order chi connectivity index (χ1) is 7.00. The van der Waals surface area contributed by atoms with E-state index in [1.807, 2.05) is 31.2 Å². The molecule has 0 N–H and O–H groups in total. The fraction of sp³-hybridized carbons (Fsp3) is 0.250. The van der Waals surface area contributed by atoms with Crippen LogP contribution >= 0.6 is 15.9 Å². The summed E-state index contributed by atoms with van der Waals surface area (Å²) < 4.78 is 0.797. The summed E-state index contributed by atoms with van der Waals surface area (Å²) in [5.41, 5.74) is 1.80. The van der Waals surface area contributed by atoms with E-state index < -0.39 is 0 Å².